The number of amides is 2. The third kappa shape index (κ3) is 4.87. The van der Waals surface area contributed by atoms with Crippen molar-refractivity contribution in [3.63, 3.8) is 0 Å². The highest BCUT2D eigenvalue weighted by molar-refractivity contribution is 6.07. The average Bonchev–Trinajstić information content (AvgIpc) is 2.67. The topological polar surface area (TPSA) is 144 Å². The normalized spacial score (nSPS) is 11.4. The molecule has 28 heavy (non-hydrogen) atoms. The molecule has 0 aliphatic carbocycles. The molecule has 0 heterocycles. The van der Waals surface area contributed by atoms with Crippen molar-refractivity contribution in [2.45, 2.75) is 26.3 Å². The summed E-state index contributed by atoms with van der Waals surface area (Å²) in [4.78, 5) is 45.0. The SMILES string of the molecule is CCC(C)NC(=O)c1cccc(NC(=O)c2ccc([N+](=O)[O-])cc2[N+](=O)[O-])c1. The number of benzene rings is 2. The molecule has 146 valence electrons. The van der Waals surface area contributed by atoms with E-state index < -0.39 is 27.1 Å². The average molecular weight is 386 g/mol. The Hall–Kier alpha value is -3.82. The van der Waals surface area contributed by atoms with Gasteiger partial charge in [-0.25, -0.2) is 0 Å². The zero-order chi connectivity index (χ0) is 20.8. The molecule has 0 spiro atoms. The van der Waals surface area contributed by atoms with Gasteiger partial charge in [-0.1, -0.05) is 13.0 Å². The number of nitro groups is 2. The van der Waals surface area contributed by atoms with Crippen LogP contribution in [0.2, 0.25) is 0 Å². The number of rotatable bonds is 7. The minimum atomic E-state index is -0.863. The molecule has 1 unspecified atom stereocenters. The summed E-state index contributed by atoms with van der Waals surface area (Å²) in [6.45, 7) is 3.79. The molecule has 0 bridgehead atoms. The molecule has 2 amide bonds. The second-order valence-electron chi connectivity index (χ2n) is 6.03. The van der Waals surface area contributed by atoms with Crippen LogP contribution in [0.15, 0.2) is 42.5 Å². The van der Waals surface area contributed by atoms with E-state index >= 15 is 0 Å². The Balaban J connectivity index is 2.26. The van der Waals surface area contributed by atoms with Crippen LogP contribution in [0.3, 0.4) is 0 Å². The molecule has 0 saturated heterocycles. The Morgan fingerprint density at radius 2 is 1.75 bits per heavy atom. The summed E-state index contributed by atoms with van der Waals surface area (Å²) < 4.78 is 0. The molecule has 0 aromatic heterocycles. The number of non-ortho nitro benzene ring substituents is 1. The second kappa shape index (κ2) is 8.71. The van der Waals surface area contributed by atoms with Gasteiger partial charge in [0, 0.05) is 23.4 Å². The maximum atomic E-state index is 12.4. The Morgan fingerprint density at radius 1 is 1.04 bits per heavy atom. The summed E-state index contributed by atoms with van der Waals surface area (Å²) in [5, 5.41) is 27.2. The summed E-state index contributed by atoms with van der Waals surface area (Å²) in [5.74, 6) is -1.13. The van der Waals surface area contributed by atoms with E-state index in [1.165, 1.54) is 12.1 Å². The van der Waals surface area contributed by atoms with Crippen molar-refractivity contribution in [1.29, 1.82) is 0 Å². The molecule has 2 N–H and O–H groups in total. The van der Waals surface area contributed by atoms with Gasteiger partial charge in [0.25, 0.3) is 23.2 Å². The Kier molecular flexibility index (Phi) is 6.38. The van der Waals surface area contributed by atoms with E-state index in [-0.39, 0.29) is 23.2 Å². The number of nitrogens with one attached hydrogen (secondary N) is 2. The van der Waals surface area contributed by atoms with Gasteiger partial charge >= 0.3 is 0 Å². The van der Waals surface area contributed by atoms with Gasteiger partial charge in [-0.3, -0.25) is 29.8 Å². The minimum absolute atomic E-state index is 0.0199. The van der Waals surface area contributed by atoms with Crippen molar-refractivity contribution in [2.75, 3.05) is 5.32 Å². The molecule has 1 atom stereocenters. The molecule has 2 aromatic carbocycles. The third-order valence-electron chi connectivity index (χ3n) is 4.01. The first kappa shape index (κ1) is 20.5. The van der Waals surface area contributed by atoms with Crippen LogP contribution in [0.5, 0.6) is 0 Å². The van der Waals surface area contributed by atoms with E-state index in [9.17, 15) is 29.8 Å². The second-order valence-corrected chi connectivity index (χ2v) is 6.03. The lowest BCUT2D eigenvalue weighted by Gasteiger charge is -2.12. The molecular formula is C18H18N4O6. The molecule has 2 aromatic rings. The number of carbonyl (C=O) groups excluding carboxylic acids is 2. The van der Waals surface area contributed by atoms with Crippen LogP contribution in [0, 0.1) is 20.2 Å². The molecule has 0 saturated carbocycles. The fourth-order valence-corrected chi connectivity index (χ4v) is 2.32. The van der Waals surface area contributed by atoms with Crippen molar-refractivity contribution in [3.8, 4) is 0 Å². The van der Waals surface area contributed by atoms with Gasteiger partial charge in [0.15, 0.2) is 0 Å². The summed E-state index contributed by atoms with van der Waals surface area (Å²) in [6, 6.07) is 8.83. The number of nitro benzene ring substituents is 2. The predicted octanol–water partition coefficient (Wildman–Crippen LogP) is 3.28. The number of anilines is 1. The lowest BCUT2D eigenvalue weighted by Crippen LogP contribution is -2.31. The van der Waals surface area contributed by atoms with Crippen LogP contribution < -0.4 is 10.6 Å². The molecule has 2 rings (SSSR count). The van der Waals surface area contributed by atoms with Crippen molar-refractivity contribution < 1.29 is 19.4 Å². The van der Waals surface area contributed by atoms with E-state index in [0.29, 0.717) is 5.56 Å². The zero-order valence-corrected chi connectivity index (χ0v) is 15.2. The zero-order valence-electron chi connectivity index (χ0n) is 15.2. The molecule has 0 aliphatic rings. The highest BCUT2D eigenvalue weighted by Gasteiger charge is 2.24. The lowest BCUT2D eigenvalue weighted by molar-refractivity contribution is -0.394. The van der Waals surface area contributed by atoms with Crippen molar-refractivity contribution in [1.82, 2.24) is 5.32 Å². The summed E-state index contributed by atoms with van der Waals surface area (Å²) in [5.41, 5.74) is -0.930. The van der Waals surface area contributed by atoms with E-state index in [1.807, 2.05) is 13.8 Å². The molecule has 10 nitrogen and oxygen atoms in total. The van der Waals surface area contributed by atoms with Crippen molar-refractivity contribution >= 4 is 28.9 Å². The number of hydrogen-bond acceptors (Lipinski definition) is 6. The highest BCUT2D eigenvalue weighted by Crippen LogP contribution is 2.25. The van der Waals surface area contributed by atoms with Crippen LogP contribution in [-0.4, -0.2) is 27.7 Å². The fraction of sp³-hybridized carbons (Fsp3) is 0.222. The van der Waals surface area contributed by atoms with E-state index in [2.05, 4.69) is 10.6 Å². The van der Waals surface area contributed by atoms with Crippen LogP contribution in [0.4, 0.5) is 17.1 Å². The van der Waals surface area contributed by atoms with Crippen molar-refractivity contribution in [2.24, 2.45) is 0 Å². The first-order valence-electron chi connectivity index (χ1n) is 8.38. The largest absolute Gasteiger partial charge is 0.350 e. The first-order chi connectivity index (χ1) is 13.2. The highest BCUT2D eigenvalue weighted by atomic mass is 16.6. The van der Waals surface area contributed by atoms with Gasteiger partial charge in [-0.05, 0) is 37.6 Å². The number of carbonyl (C=O) groups is 2. The van der Waals surface area contributed by atoms with E-state index in [0.717, 1.165) is 24.6 Å². The number of hydrogen-bond donors (Lipinski definition) is 2. The Bertz CT molecular complexity index is 943. The Morgan fingerprint density at radius 3 is 2.36 bits per heavy atom. The van der Waals surface area contributed by atoms with Crippen LogP contribution in [0.25, 0.3) is 0 Å². The smallest absolute Gasteiger partial charge is 0.289 e. The van der Waals surface area contributed by atoms with E-state index in [1.54, 1.807) is 12.1 Å². The van der Waals surface area contributed by atoms with Gasteiger partial charge in [-0.2, -0.15) is 0 Å². The molecule has 0 radical (unpaired) electrons. The van der Waals surface area contributed by atoms with Gasteiger partial charge in [0.1, 0.15) is 5.56 Å². The maximum Gasteiger partial charge on any atom is 0.289 e. The maximum absolute atomic E-state index is 12.4. The monoisotopic (exact) mass is 386 g/mol. The first-order valence-corrected chi connectivity index (χ1v) is 8.38. The number of nitrogens with zero attached hydrogens (tertiary/aromatic N) is 2. The van der Waals surface area contributed by atoms with Crippen LogP contribution >= 0.6 is 0 Å². The van der Waals surface area contributed by atoms with Gasteiger partial charge in [0.2, 0.25) is 0 Å². The van der Waals surface area contributed by atoms with Gasteiger partial charge in [0.05, 0.1) is 15.9 Å². The summed E-state index contributed by atoms with van der Waals surface area (Å²) >= 11 is 0. The molecular weight excluding hydrogens is 368 g/mol. The minimum Gasteiger partial charge on any atom is -0.350 e. The lowest BCUT2D eigenvalue weighted by atomic mass is 10.1. The molecule has 10 heteroatoms. The standard InChI is InChI=1S/C18H18N4O6/c1-3-11(2)19-17(23)12-5-4-6-13(9-12)20-18(24)15-8-7-14(21(25)26)10-16(15)22(27)28/h4-11H,3H2,1-2H3,(H,19,23)(H,20,24). The Labute approximate surface area is 159 Å². The van der Waals surface area contributed by atoms with Gasteiger partial charge < -0.3 is 10.6 Å². The van der Waals surface area contributed by atoms with Crippen LogP contribution in [0.1, 0.15) is 41.0 Å². The summed E-state index contributed by atoms with van der Waals surface area (Å²) in [7, 11) is 0. The third-order valence-corrected chi connectivity index (χ3v) is 4.01. The van der Waals surface area contributed by atoms with Gasteiger partial charge in [-0.15, -0.1) is 0 Å². The molecule has 0 fully saturated rings. The summed E-state index contributed by atoms with van der Waals surface area (Å²) in [6.07, 6.45) is 0.756. The quantitative estimate of drug-likeness (QED) is 0.552. The van der Waals surface area contributed by atoms with E-state index in [4.69, 9.17) is 0 Å². The predicted molar refractivity (Wildman–Crippen MR) is 101 cm³/mol. The van der Waals surface area contributed by atoms with Crippen LogP contribution in [-0.2, 0) is 0 Å². The van der Waals surface area contributed by atoms with Crippen molar-refractivity contribution in [3.05, 3.63) is 73.8 Å². The molecule has 0 aliphatic heterocycles. The fourth-order valence-electron chi connectivity index (χ4n) is 2.32.